The summed E-state index contributed by atoms with van der Waals surface area (Å²) in [6.45, 7) is 3.28. The van der Waals surface area contributed by atoms with Crippen LogP contribution in [0.15, 0.2) is 34.4 Å². The summed E-state index contributed by atoms with van der Waals surface area (Å²) >= 11 is 1.41. The Labute approximate surface area is 153 Å². The minimum atomic E-state index is 0.0790. The van der Waals surface area contributed by atoms with Gasteiger partial charge in [-0.3, -0.25) is 15.1 Å². The smallest absolute Gasteiger partial charge is 0.243 e. The highest BCUT2D eigenvalue weighted by molar-refractivity contribution is 8.13. The van der Waals surface area contributed by atoms with Crippen molar-refractivity contribution in [3.8, 4) is 6.19 Å². The van der Waals surface area contributed by atoms with Crippen LogP contribution in [0.4, 0.5) is 0 Å². The molecule has 1 N–H and O–H groups in total. The van der Waals surface area contributed by atoms with Crippen molar-refractivity contribution in [2.75, 3.05) is 19.3 Å². The lowest BCUT2D eigenvalue weighted by atomic mass is 10.0. The van der Waals surface area contributed by atoms with E-state index in [0.717, 1.165) is 24.1 Å². The molecule has 0 unspecified atom stereocenters. The number of hydrogen-bond acceptors (Lipinski definition) is 5. The standard InChI is InChI=1S/C18H23N5OS/c1-14-5-7-15(8-6-14)16-9-10-17(24)23(22-16)12-4-3-11-20-18(25-2)21-13-19/h5-8H,3-4,9-12H2,1-2H3,(H,20,21). The third-order valence-corrected chi connectivity index (χ3v) is 4.50. The highest BCUT2D eigenvalue weighted by Crippen LogP contribution is 2.16. The molecule has 0 aromatic heterocycles. The number of hydrazone groups is 1. The first-order valence-electron chi connectivity index (χ1n) is 8.32. The molecule has 0 aliphatic carbocycles. The normalized spacial score (nSPS) is 14.9. The van der Waals surface area contributed by atoms with Gasteiger partial charge in [-0.05, 0) is 31.6 Å². The monoisotopic (exact) mass is 357 g/mol. The highest BCUT2D eigenvalue weighted by atomic mass is 32.2. The molecule has 7 heteroatoms. The van der Waals surface area contributed by atoms with Gasteiger partial charge >= 0.3 is 0 Å². The van der Waals surface area contributed by atoms with Crippen LogP contribution in [0.5, 0.6) is 0 Å². The quantitative estimate of drug-likeness (QED) is 0.279. The predicted octanol–water partition coefficient (Wildman–Crippen LogP) is 2.89. The second-order valence-corrected chi connectivity index (χ2v) is 6.56. The predicted molar refractivity (Wildman–Crippen MR) is 102 cm³/mol. The molecule has 132 valence electrons. The van der Waals surface area contributed by atoms with E-state index < -0.39 is 0 Å². The number of nitriles is 1. The van der Waals surface area contributed by atoms with Crippen molar-refractivity contribution < 1.29 is 4.79 Å². The molecular formula is C18H23N5OS. The first-order valence-corrected chi connectivity index (χ1v) is 9.55. The Morgan fingerprint density at radius 3 is 2.80 bits per heavy atom. The SMILES string of the molecule is CS/C(=N\CCCCN1N=C(c2ccc(C)cc2)CCC1=O)NC#N. The van der Waals surface area contributed by atoms with Crippen LogP contribution in [0.1, 0.15) is 36.8 Å². The number of aliphatic imine (C=N–C) groups is 1. The highest BCUT2D eigenvalue weighted by Gasteiger charge is 2.20. The lowest BCUT2D eigenvalue weighted by molar-refractivity contribution is -0.131. The van der Waals surface area contributed by atoms with Gasteiger partial charge in [-0.2, -0.15) is 10.4 Å². The molecule has 0 saturated carbocycles. The zero-order valence-corrected chi connectivity index (χ0v) is 15.5. The fourth-order valence-corrected chi connectivity index (χ4v) is 2.85. The van der Waals surface area contributed by atoms with Gasteiger partial charge in [0.2, 0.25) is 5.91 Å². The maximum absolute atomic E-state index is 12.1. The number of unbranched alkanes of at least 4 members (excludes halogenated alkanes) is 1. The van der Waals surface area contributed by atoms with Gasteiger partial charge in [0.25, 0.3) is 0 Å². The minimum absolute atomic E-state index is 0.0790. The van der Waals surface area contributed by atoms with Crippen LogP contribution in [0.2, 0.25) is 0 Å². The molecule has 25 heavy (non-hydrogen) atoms. The van der Waals surface area contributed by atoms with Gasteiger partial charge in [0.15, 0.2) is 11.4 Å². The van der Waals surface area contributed by atoms with Crippen LogP contribution >= 0.6 is 11.8 Å². The Morgan fingerprint density at radius 1 is 1.36 bits per heavy atom. The van der Waals surface area contributed by atoms with E-state index in [4.69, 9.17) is 5.26 Å². The van der Waals surface area contributed by atoms with Gasteiger partial charge in [0.1, 0.15) is 0 Å². The first-order chi connectivity index (χ1) is 12.1. The van der Waals surface area contributed by atoms with Gasteiger partial charge in [-0.1, -0.05) is 41.6 Å². The van der Waals surface area contributed by atoms with Crippen molar-refractivity contribution in [1.82, 2.24) is 10.3 Å². The number of hydrogen-bond donors (Lipinski definition) is 1. The molecule has 1 aromatic rings. The zero-order chi connectivity index (χ0) is 18.1. The number of rotatable bonds is 6. The Kier molecular flexibility index (Phi) is 7.48. The van der Waals surface area contributed by atoms with E-state index in [1.165, 1.54) is 17.3 Å². The molecule has 1 aliphatic rings. The van der Waals surface area contributed by atoms with Crippen molar-refractivity contribution in [2.24, 2.45) is 10.1 Å². The molecule has 1 aliphatic heterocycles. The molecular weight excluding hydrogens is 334 g/mol. The number of carbonyl (C=O) groups excluding carboxylic acids is 1. The minimum Gasteiger partial charge on any atom is -0.273 e. The average Bonchev–Trinajstić information content (AvgIpc) is 2.62. The van der Waals surface area contributed by atoms with E-state index in [2.05, 4.69) is 46.6 Å². The number of carbonyl (C=O) groups is 1. The van der Waals surface area contributed by atoms with Crippen molar-refractivity contribution >= 4 is 28.5 Å². The summed E-state index contributed by atoms with van der Waals surface area (Å²) in [6, 6.07) is 8.25. The first kappa shape index (κ1) is 19.0. The third kappa shape index (κ3) is 5.91. The second kappa shape index (κ2) is 9.84. The number of amidine groups is 1. The topological polar surface area (TPSA) is 80.8 Å². The summed E-state index contributed by atoms with van der Waals surface area (Å²) in [5, 5.41) is 17.9. The molecule has 2 rings (SSSR count). The maximum Gasteiger partial charge on any atom is 0.243 e. The number of amides is 1. The van der Waals surface area contributed by atoms with E-state index in [-0.39, 0.29) is 5.91 Å². The number of aryl methyl sites for hydroxylation is 1. The molecule has 1 heterocycles. The van der Waals surface area contributed by atoms with Crippen LogP contribution in [0.25, 0.3) is 0 Å². The van der Waals surface area contributed by atoms with Crippen molar-refractivity contribution in [3.05, 3.63) is 35.4 Å². The fraction of sp³-hybridized carbons (Fsp3) is 0.444. The Bertz CT molecular complexity index is 690. The second-order valence-electron chi connectivity index (χ2n) is 5.76. The van der Waals surface area contributed by atoms with Gasteiger partial charge < -0.3 is 0 Å². The van der Waals surface area contributed by atoms with Crippen LogP contribution < -0.4 is 5.32 Å². The molecule has 0 radical (unpaired) electrons. The average molecular weight is 357 g/mol. The largest absolute Gasteiger partial charge is 0.273 e. The molecule has 0 fully saturated rings. The number of nitrogens with one attached hydrogen (secondary N) is 1. The van der Waals surface area contributed by atoms with E-state index in [1.807, 2.05) is 12.4 Å². The molecule has 0 bridgehead atoms. The molecule has 0 saturated heterocycles. The zero-order valence-electron chi connectivity index (χ0n) is 14.7. The van der Waals surface area contributed by atoms with E-state index in [9.17, 15) is 4.79 Å². The van der Waals surface area contributed by atoms with Crippen LogP contribution in [0.3, 0.4) is 0 Å². The Morgan fingerprint density at radius 2 is 2.12 bits per heavy atom. The summed E-state index contributed by atoms with van der Waals surface area (Å²) in [5.74, 6) is 0.0790. The molecule has 1 aromatic carbocycles. The Balaban J connectivity index is 1.88. The van der Waals surface area contributed by atoms with Crippen molar-refractivity contribution in [3.63, 3.8) is 0 Å². The third-order valence-electron chi connectivity index (χ3n) is 3.88. The number of benzene rings is 1. The lowest BCUT2D eigenvalue weighted by Crippen LogP contribution is -2.32. The molecule has 0 spiro atoms. The summed E-state index contributed by atoms with van der Waals surface area (Å²) in [5.41, 5.74) is 3.27. The lowest BCUT2D eigenvalue weighted by Gasteiger charge is -2.23. The van der Waals surface area contributed by atoms with E-state index >= 15 is 0 Å². The van der Waals surface area contributed by atoms with Gasteiger partial charge in [-0.15, -0.1) is 0 Å². The fourth-order valence-electron chi connectivity index (χ4n) is 2.49. The Hall–Kier alpha value is -2.33. The number of nitrogens with zero attached hydrogens (tertiary/aromatic N) is 4. The molecule has 0 atom stereocenters. The van der Waals surface area contributed by atoms with Gasteiger partial charge in [-0.25, -0.2) is 5.01 Å². The number of thioether (sulfide) groups is 1. The summed E-state index contributed by atoms with van der Waals surface area (Å²) in [7, 11) is 0. The molecule has 1 amide bonds. The summed E-state index contributed by atoms with van der Waals surface area (Å²) < 4.78 is 0. The van der Waals surface area contributed by atoms with Crippen molar-refractivity contribution in [2.45, 2.75) is 32.6 Å². The summed E-state index contributed by atoms with van der Waals surface area (Å²) in [4.78, 5) is 16.4. The maximum atomic E-state index is 12.1. The van der Waals surface area contributed by atoms with Crippen LogP contribution in [0, 0.1) is 18.4 Å². The van der Waals surface area contributed by atoms with Gasteiger partial charge in [0.05, 0.1) is 5.71 Å². The van der Waals surface area contributed by atoms with Crippen molar-refractivity contribution in [1.29, 1.82) is 5.26 Å². The summed E-state index contributed by atoms with van der Waals surface area (Å²) in [6.07, 6.45) is 6.61. The van der Waals surface area contributed by atoms with Crippen LogP contribution in [-0.4, -0.2) is 41.1 Å². The molecule has 6 nitrogen and oxygen atoms in total. The van der Waals surface area contributed by atoms with Gasteiger partial charge in [0, 0.05) is 25.9 Å². The van der Waals surface area contributed by atoms with E-state index in [1.54, 1.807) is 5.01 Å². The van der Waals surface area contributed by atoms with Crippen LogP contribution in [-0.2, 0) is 4.79 Å². The van der Waals surface area contributed by atoms with E-state index in [0.29, 0.717) is 31.1 Å².